The molecule has 0 saturated carbocycles. The van der Waals surface area contributed by atoms with Gasteiger partial charge in [-0.3, -0.25) is 9.21 Å². The van der Waals surface area contributed by atoms with Crippen LogP contribution in [0, 0.1) is 0 Å². The summed E-state index contributed by atoms with van der Waals surface area (Å²) in [6.45, 7) is 2.23. The fourth-order valence-corrected chi connectivity index (χ4v) is 6.28. The molecule has 1 heterocycles. The van der Waals surface area contributed by atoms with E-state index >= 15 is 0 Å². The standard InChI is InChI=1S/C27H32N2O5S/c1-32-24-9-7-8-23(19-24)29(35(30,31)26-10-5-4-6-11-26)22-14-16-28(17-15-22)20-21-18-25(33-2)12-13-27(21)34-3/h4-13,18-19,22H,14-17,20H2,1-3H3. The van der Waals surface area contributed by atoms with Crippen LogP contribution in [0.2, 0.25) is 0 Å². The molecular weight excluding hydrogens is 464 g/mol. The van der Waals surface area contributed by atoms with Crippen LogP contribution in [-0.4, -0.2) is 53.8 Å². The highest BCUT2D eigenvalue weighted by atomic mass is 32.2. The van der Waals surface area contributed by atoms with Crippen LogP contribution in [-0.2, 0) is 16.6 Å². The number of benzene rings is 3. The smallest absolute Gasteiger partial charge is 0.264 e. The topological polar surface area (TPSA) is 68.3 Å². The van der Waals surface area contributed by atoms with E-state index < -0.39 is 10.0 Å². The number of rotatable bonds is 9. The van der Waals surface area contributed by atoms with Gasteiger partial charge in [0.25, 0.3) is 10.0 Å². The number of nitrogens with zero attached hydrogens (tertiary/aromatic N) is 2. The number of ether oxygens (including phenoxy) is 3. The molecule has 0 aliphatic carbocycles. The van der Waals surface area contributed by atoms with E-state index in [-0.39, 0.29) is 10.9 Å². The number of likely N-dealkylation sites (tertiary alicyclic amines) is 1. The first-order chi connectivity index (χ1) is 17.0. The van der Waals surface area contributed by atoms with Gasteiger partial charge < -0.3 is 14.2 Å². The lowest BCUT2D eigenvalue weighted by Crippen LogP contribution is -2.47. The zero-order chi connectivity index (χ0) is 24.8. The molecule has 0 spiro atoms. The monoisotopic (exact) mass is 496 g/mol. The minimum atomic E-state index is -3.75. The predicted octanol–water partition coefficient (Wildman–Crippen LogP) is 4.57. The Morgan fingerprint density at radius 1 is 0.829 bits per heavy atom. The molecule has 1 saturated heterocycles. The van der Waals surface area contributed by atoms with Crippen molar-refractivity contribution in [3.63, 3.8) is 0 Å². The lowest BCUT2D eigenvalue weighted by Gasteiger charge is -2.39. The molecule has 1 aliphatic rings. The first kappa shape index (κ1) is 24.9. The molecule has 8 heteroatoms. The lowest BCUT2D eigenvalue weighted by molar-refractivity contribution is 0.204. The molecule has 186 valence electrons. The van der Waals surface area contributed by atoms with E-state index in [2.05, 4.69) is 4.90 Å². The molecule has 0 unspecified atom stereocenters. The number of piperidine rings is 1. The maximum atomic E-state index is 13.8. The Hall–Kier alpha value is -3.23. The van der Waals surface area contributed by atoms with Gasteiger partial charge in [0.1, 0.15) is 17.2 Å². The summed E-state index contributed by atoms with van der Waals surface area (Å²) in [7, 11) is 1.15. The van der Waals surface area contributed by atoms with E-state index in [1.54, 1.807) is 56.0 Å². The molecule has 0 aromatic heterocycles. The molecule has 0 N–H and O–H groups in total. The van der Waals surface area contributed by atoms with Gasteiger partial charge in [0.2, 0.25) is 0 Å². The Balaban J connectivity index is 1.58. The van der Waals surface area contributed by atoms with Crippen molar-refractivity contribution in [3.05, 3.63) is 78.4 Å². The summed E-state index contributed by atoms with van der Waals surface area (Å²) >= 11 is 0. The van der Waals surface area contributed by atoms with Gasteiger partial charge >= 0.3 is 0 Å². The van der Waals surface area contributed by atoms with Crippen LogP contribution in [0.25, 0.3) is 0 Å². The summed E-state index contributed by atoms with van der Waals surface area (Å²) in [6, 6.07) is 21.5. The second-order valence-corrected chi connectivity index (χ2v) is 10.3. The van der Waals surface area contributed by atoms with Gasteiger partial charge in [0, 0.05) is 37.3 Å². The summed E-state index contributed by atoms with van der Waals surface area (Å²) in [5.74, 6) is 2.23. The van der Waals surface area contributed by atoms with Gasteiger partial charge in [-0.05, 0) is 55.3 Å². The Morgan fingerprint density at radius 2 is 1.51 bits per heavy atom. The Bertz CT molecular complexity index is 1230. The molecule has 0 atom stereocenters. The average Bonchev–Trinajstić information content (AvgIpc) is 2.90. The summed E-state index contributed by atoms with van der Waals surface area (Å²) < 4.78 is 45.5. The Kier molecular flexibility index (Phi) is 7.83. The van der Waals surface area contributed by atoms with Crippen LogP contribution < -0.4 is 18.5 Å². The third-order valence-corrected chi connectivity index (χ3v) is 8.27. The SMILES string of the molecule is COc1cccc(N(C2CCN(Cc3cc(OC)ccc3OC)CC2)S(=O)(=O)c2ccccc2)c1. The zero-order valence-corrected chi connectivity index (χ0v) is 21.2. The van der Waals surface area contributed by atoms with Crippen molar-refractivity contribution >= 4 is 15.7 Å². The van der Waals surface area contributed by atoms with Crippen molar-refractivity contribution in [2.45, 2.75) is 30.3 Å². The molecule has 0 amide bonds. The number of hydrogen-bond donors (Lipinski definition) is 0. The highest BCUT2D eigenvalue weighted by Gasteiger charge is 2.34. The van der Waals surface area contributed by atoms with Gasteiger partial charge in [-0.25, -0.2) is 8.42 Å². The molecule has 3 aromatic carbocycles. The van der Waals surface area contributed by atoms with Crippen molar-refractivity contribution in [2.75, 3.05) is 38.7 Å². The first-order valence-corrected chi connectivity index (χ1v) is 13.1. The fourth-order valence-electron chi connectivity index (χ4n) is 4.56. The van der Waals surface area contributed by atoms with Gasteiger partial charge in [0.05, 0.1) is 31.9 Å². The average molecular weight is 497 g/mol. The van der Waals surface area contributed by atoms with Gasteiger partial charge in [-0.15, -0.1) is 0 Å². The van der Waals surface area contributed by atoms with Crippen molar-refractivity contribution in [1.82, 2.24) is 4.90 Å². The quantitative estimate of drug-likeness (QED) is 0.432. The van der Waals surface area contributed by atoms with Gasteiger partial charge in [0.15, 0.2) is 0 Å². The highest BCUT2D eigenvalue weighted by Crippen LogP contribution is 2.33. The summed E-state index contributed by atoms with van der Waals surface area (Å²) in [6.07, 6.45) is 1.41. The van der Waals surface area contributed by atoms with E-state index in [0.29, 0.717) is 30.8 Å². The van der Waals surface area contributed by atoms with Crippen LogP contribution in [0.4, 0.5) is 5.69 Å². The largest absolute Gasteiger partial charge is 0.497 e. The van der Waals surface area contributed by atoms with Crippen LogP contribution in [0.5, 0.6) is 17.2 Å². The Labute approximate surface area is 207 Å². The highest BCUT2D eigenvalue weighted by molar-refractivity contribution is 7.92. The lowest BCUT2D eigenvalue weighted by atomic mass is 10.0. The normalized spacial score (nSPS) is 14.9. The van der Waals surface area contributed by atoms with E-state index in [1.807, 2.05) is 42.5 Å². The summed E-state index contributed by atoms with van der Waals surface area (Å²) in [4.78, 5) is 2.61. The molecule has 3 aromatic rings. The molecule has 35 heavy (non-hydrogen) atoms. The molecule has 0 bridgehead atoms. The van der Waals surface area contributed by atoms with Gasteiger partial charge in [-0.1, -0.05) is 24.3 Å². The van der Waals surface area contributed by atoms with E-state index in [9.17, 15) is 8.42 Å². The van der Waals surface area contributed by atoms with Crippen LogP contribution in [0.15, 0.2) is 77.7 Å². The zero-order valence-electron chi connectivity index (χ0n) is 20.4. The molecule has 1 aliphatic heterocycles. The van der Waals surface area contributed by atoms with Crippen LogP contribution >= 0.6 is 0 Å². The number of hydrogen-bond acceptors (Lipinski definition) is 6. The number of sulfonamides is 1. The summed E-state index contributed by atoms with van der Waals surface area (Å²) in [5.41, 5.74) is 1.66. The number of anilines is 1. The van der Waals surface area contributed by atoms with Crippen LogP contribution in [0.3, 0.4) is 0 Å². The first-order valence-electron chi connectivity index (χ1n) is 11.6. The van der Waals surface area contributed by atoms with Crippen molar-refractivity contribution in [1.29, 1.82) is 0 Å². The number of methoxy groups -OCH3 is 3. The third-order valence-electron chi connectivity index (χ3n) is 6.38. The second kappa shape index (κ2) is 11.0. The van der Waals surface area contributed by atoms with E-state index in [0.717, 1.165) is 30.2 Å². The van der Waals surface area contributed by atoms with Crippen molar-refractivity contribution in [2.24, 2.45) is 0 Å². The summed E-state index contributed by atoms with van der Waals surface area (Å²) in [5, 5.41) is 0. The second-order valence-electron chi connectivity index (χ2n) is 8.50. The van der Waals surface area contributed by atoms with E-state index in [4.69, 9.17) is 14.2 Å². The molecule has 7 nitrogen and oxygen atoms in total. The predicted molar refractivity (Wildman–Crippen MR) is 137 cm³/mol. The molecule has 4 rings (SSSR count). The fraction of sp³-hybridized carbons (Fsp3) is 0.333. The molecule has 0 radical (unpaired) electrons. The maximum Gasteiger partial charge on any atom is 0.264 e. The van der Waals surface area contributed by atoms with Crippen molar-refractivity contribution in [3.8, 4) is 17.2 Å². The third kappa shape index (κ3) is 5.55. The minimum Gasteiger partial charge on any atom is -0.497 e. The molecule has 1 fully saturated rings. The molecular formula is C27H32N2O5S. The van der Waals surface area contributed by atoms with Crippen molar-refractivity contribution < 1.29 is 22.6 Å². The minimum absolute atomic E-state index is 0.171. The van der Waals surface area contributed by atoms with Crippen LogP contribution in [0.1, 0.15) is 18.4 Å². The Morgan fingerprint density at radius 3 is 2.17 bits per heavy atom. The maximum absolute atomic E-state index is 13.8. The van der Waals surface area contributed by atoms with Gasteiger partial charge in [-0.2, -0.15) is 0 Å². The van der Waals surface area contributed by atoms with E-state index in [1.165, 1.54) is 0 Å².